The first-order chi connectivity index (χ1) is 4.84. The van der Waals surface area contributed by atoms with E-state index < -0.39 is 0 Å². The number of aryl methyl sites for hydroxylation is 1. The molecule has 0 aromatic carbocycles. The van der Waals surface area contributed by atoms with Crippen molar-refractivity contribution in [2.45, 2.75) is 27.2 Å². The van der Waals surface area contributed by atoms with Crippen molar-refractivity contribution in [1.29, 1.82) is 0 Å². The second-order valence-electron chi connectivity index (χ2n) is 1.55. The van der Waals surface area contributed by atoms with Crippen LogP contribution in [0, 0.1) is 0 Å². The van der Waals surface area contributed by atoms with Crippen molar-refractivity contribution in [1.82, 2.24) is 10.2 Å². The van der Waals surface area contributed by atoms with Gasteiger partial charge in [-0.25, -0.2) is 0 Å². The van der Waals surface area contributed by atoms with Gasteiger partial charge in [-0.05, 0) is 6.42 Å². The van der Waals surface area contributed by atoms with Gasteiger partial charge >= 0.3 is 0 Å². The lowest BCUT2D eigenvalue weighted by Crippen LogP contribution is -1.78. The van der Waals surface area contributed by atoms with Gasteiger partial charge in [0.05, 0.1) is 16.9 Å². The molecule has 0 fully saturated rings. The Bertz CT molecular complexity index is 172. The molecule has 1 rings (SSSR count). The summed E-state index contributed by atoms with van der Waals surface area (Å²) in [6, 6.07) is 0. The molecule has 0 spiro atoms. The zero-order valence-corrected chi connectivity index (χ0v) is 7.37. The van der Waals surface area contributed by atoms with Crippen molar-refractivity contribution in [3.8, 4) is 0 Å². The van der Waals surface area contributed by atoms with E-state index in [4.69, 9.17) is 11.6 Å². The lowest BCUT2D eigenvalue weighted by Gasteiger charge is -1.84. The molecule has 1 aromatic rings. The third-order valence-electron chi connectivity index (χ3n) is 1.02. The summed E-state index contributed by atoms with van der Waals surface area (Å²) in [6.07, 6.45) is 2.53. The van der Waals surface area contributed by atoms with E-state index >= 15 is 0 Å². The zero-order chi connectivity index (χ0) is 7.98. The third kappa shape index (κ3) is 2.40. The fourth-order valence-electron chi connectivity index (χ4n) is 0.546. The van der Waals surface area contributed by atoms with Crippen LogP contribution in [0.3, 0.4) is 0 Å². The molecule has 0 bridgehead atoms. The van der Waals surface area contributed by atoms with E-state index in [9.17, 15) is 0 Å². The molecule has 0 aliphatic heterocycles. The third-order valence-corrected chi connectivity index (χ3v) is 1.34. The lowest BCUT2D eigenvalue weighted by atomic mass is 10.3. The molecule has 0 aliphatic carbocycles. The number of rotatable bonds is 1. The first-order valence-electron chi connectivity index (χ1n) is 3.52. The van der Waals surface area contributed by atoms with Crippen molar-refractivity contribution in [2.75, 3.05) is 0 Å². The maximum Gasteiger partial charge on any atom is 0.0815 e. The van der Waals surface area contributed by atoms with Gasteiger partial charge in [-0.2, -0.15) is 5.10 Å². The van der Waals surface area contributed by atoms with Crippen LogP contribution in [0.2, 0.25) is 5.02 Å². The fraction of sp³-hybridized carbons (Fsp3) is 0.571. The Morgan fingerprint density at radius 1 is 1.60 bits per heavy atom. The Morgan fingerprint density at radius 2 is 2.20 bits per heavy atom. The maximum absolute atomic E-state index is 5.65. The Kier molecular flexibility index (Phi) is 5.03. The van der Waals surface area contributed by atoms with Gasteiger partial charge in [0.2, 0.25) is 0 Å². The van der Waals surface area contributed by atoms with E-state index in [0.29, 0.717) is 0 Å². The number of hydrogen-bond acceptors (Lipinski definition) is 1. The average Bonchev–Trinajstić information content (AvgIpc) is 2.39. The largest absolute Gasteiger partial charge is 0.281 e. The summed E-state index contributed by atoms with van der Waals surface area (Å²) < 4.78 is 0. The first kappa shape index (κ1) is 9.50. The van der Waals surface area contributed by atoms with E-state index in [2.05, 4.69) is 10.2 Å². The molecule has 0 saturated heterocycles. The van der Waals surface area contributed by atoms with E-state index in [1.807, 2.05) is 20.8 Å². The van der Waals surface area contributed by atoms with E-state index in [-0.39, 0.29) is 0 Å². The van der Waals surface area contributed by atoms with Gasteiger partial charge in [0, 0.05) is 0 Å². The standard InChI is InChI=1S/C5H7ClN2.C2H6/c1-2-5-4(6)3-7-8-5;1-2/h3H,2H2,1H3,(H,7,8);1-2H3. The minimum Gasteiger partial charge on any atom is -0.281 e. The number of H-pyrrole nitrogens is 1. The van der Waals surface area contributed by atoms with Gasteiger partial charge in [0.1, 0.15) is 0 Å². The molecular weight excluding hydrogens is 148 g/mol. The average molecular weight is 161 g/mol. The molecule has 0 amide bonds. The van der Waals surface area contributed by atoms with Crippen LogP contribution in [-0.4, -0.2) is 10.2 Å². The van der Waals surface area contributed by atoms with Crippen LogP contribution in [0.25, 0.3) is 0 Å². The summed E-state index contributed by atoms with van der Waals surface area (Å²) in [5.74, 6) is 0. The number of nitrogens with one attached hydrogen (secondary N) is 1. The van der Waals surface area contributed by atoms with Gasteiger partial charge in [0.15, 0.2) is 0 Å². The van der Waals surface area contributed by atoms with E-state index in [0.717, 1.165) is 17.1 Å². The quantitative estimate of drug-likeness (QED) is 0.673. The molecule has 58 valence electrons. The Labute approximate surface area is 66.6 Å². The van der Waals surface area contributed by atoms with Crippen LogP contribution in [0.1, 0.15) is 26.5 Å². The van der Waals surface area contributed by atoms with Crippen LogP contribution in [0.15, 0.2) is 6.20 Å². The second kappa shape index (κ2) is 5.30. The molecule has 1 heterocycles. The highest BCUT2D eigenvalue weighted by Gasteiger charge is 1.95. The molecule has 1 N–H and O–H groups in total. The predicted molar refractivity (Wildman–Crippen MR) is 44.3 cm³/mol. The van der Waals surface area contributed by atoms with Crippen LogP contribution in [0.5, 0.6) is 0 Å². The van der Waals surface area contributed by atoms with Crippen molar-refractivity contribution in [3.05, 3.63) is 16.9 Å². The SMILES string of the molecule is CC.CCc1[nH]ncc1Cl. The summed E-state index contributed by atoms with van der Waals surface area (Å²) in [7, 11) is 0. The number of nitrogens with zero attached hydrogens (tertiary/aromatic N) is 1. The van der Waals surface area contributed by atoms with Gasteiger partial charge in [-0.3, -0.25) is 5.10 Å². The monoisotopic (exact) mass is 160 g/mol. The van der Waals surface area contributed by atoms with Crippen LogP contribution >= 0.6 is 11.6 Å². The summed E-state index contributed by atoms with van der Waals surface area (Å²) in [6.45, 7) is 6.03. The van der Waals surface area contributed by atoms with Crippen LogP contribution in [-0.2, 0) is 6.42 Å². The molecule has 3 heteroatoms. The Balaban J connectivity index is 0.000000371. The molecule has 1 aromatic heterocycles. The molecule has 0 aliphatic rings. The molecule has 2 nitrogen and oxygen atoms in total. The van der Waals surface area contributed by atoms with E-state index in [1.54, 1.807) is 6.20 Å². The highest BCUT2D eigenvalue weighted by molar-refractivity contribution is 6.31. The molecular formula is C7H13ClN2. The fourth-order valence-corrected chi connectivity index (χ4v) is 0.771. The van der Waals surface area contributed by atoms with Crippen molar-refractivity contribution >= 4 is 11.6 Å². The van der Waals surface area contributed by atoms with Gasteiger partial charge < -0.3 is 0 Å². The first-order valence-corrected chi connectivity index (χ1v) is 3.90. The Hall–Kier alpha value is -0.500. The Morgan fingerprint density at radius 3 is 2.40 bits per heavy atom. The van der Waals surface area contributed by atoms with Gasteiger partial charge in [-0.1, -0.05) is 32.4 Å². The van der Waals surface area contributed by atoms with Crippen LogP contribution in [0.4, 0.5) is 0 Å². The summed E-state index contributed by atoms with van der Waals surface area (Å²) in [5.41, 5.74) is 1.01. The maximum atomic E-state index is 5.65. The van der Waals surface area contributed by atoms with E-state index in [1.165, 1.54) is 0 Å². The number of aromatic nitrogens is 2. The summed E-state index contributed by atoms with van der Waals surface area (Å²) in [4.78, 5) is 0. The second-order valence-corrected chi connectivity index (χ2v) is 1.96. The van der Waals surface area contributed by atoms with Crippen molar-refractivity contribution in [3.63, 3.8) is 0 Å². The molecule has 0 unspecified atom stereocenters. The number of aromatic amines is 1. The molecule has 10 heavy (non-hydrogen) atoms. The van der Waals surface area contributed by atoms with Crippen molar-refractivity contribution < 1.29 is 0 Å². The summed E-state index contributed by atoms with van der Waals surface area (Å²) in [5, 5.41) is 7.24. The predicted octanol–water partition coefficient (Wildman–Crippen LogP) is 2.65. The molecule has 0 atom stereocenters. The molecule has 0 saturated carbocycles. The van der Waals surface area contributed by atoms with Gasteiger partial charge in [-0.15, -0.1) is 0 Å². The smallest absolute Gasteiger partial charge is 0.0815 e. The minimum atomic E-state index is 0.729. The highest BCUT2D eigenvalue weighted by Crippen LogP contribution is 2.10. The zero-order valence-electron chi connectivity index (χ0n) is 6.61. The normalized spacial score (nSPS) is 8.40. The van der Waals surface area contributed by atoms with Crippen molar-refractivity contribution in [2.24, 2.45) is 0 Å². The lowest BCUT2D eigenvalue weighted by molar-refractivity contribution is 0.975. The van der Waals surface area contributed by atoms with Gasteiger partial charge in [0.25, 0.3) is 0 Å². The highest BCUT2D eigenvalue weighted by atomic mass is 35.5. The number of halogens is 1. The topological polar surface area (TPSA) is 28.7 Å². The van der Waals surface area contributed by atoms with Crippen LogP contribution < -0.4 is 0 Å². The minimum absolute atomic E-state index is 0.729. The molecule has 0 radical (unpaired) electrons. The number of hydrogen-bond donors (Lipinski definition) is 1. The summed E-state index contributed by atoms with van der Waals surface area (Å²) >= 11 is 5.65.